The summed E-state index contributed by atoms with van der Waals surface area (Å²) in [7, 11) is 0. The van der Waals surface area contributed by atoms with E-state index in [9.17, 15) is 0 Å². The summed E-state index contributed by atoms with van der Waals surface area (Å²) in [6.45, 7) is 0. The van der Waals surface area contributed by atoms with Gasteiger partial charge in [0, 0.05) is 15.5 Å². The van der Waals surface area contributed by atoms with E-state index >= 15 is 0 Å². The van der Waals surface area contributed by atoms with Gasteiger partial charge in [-0.15, -0.1) is 0 Å². The van der Waals surface area contributed by atoms with Crippen molar-refractivity contribution in [2.24, 2.45) is 11.7 Å². The maximum atomic E-state index is 6.15. The van der Waals surface area contributed by atoms with Gasteiger partial charge in [-0.2, -0.15) is 0 Å². The molecule has 1 fully saturated rings. The fourth-order valence-electron chi connectivity index (χ4n) is 1.98. The van der Waals surface area contributed by atoms with E-state index in [1.165, 1.54) is 24.8 Å². The maximum absolute atomic E-state index is 6.15. The highest BCUT2D eigenvalue weighted by Gasteiger charge is 2.24. The minimum absolute atomic E-state index is 0.275. The Kier molecular flexibility index (Phi) is 3.70. The van der Waals surface area contributed by atoms with Gasteiger partial charge in [-0.1, -0.05) is 40.0 Å². The molecular formula is C12H15BrClN. The van der Waals surface area contributed by atoms with E-state index in [2.05, 4.69) is 22.0 Å². The Balaban J connectivity index is 2.03. The quantitative estimate of drug-likeness (QED) is 0.900. The van der Waals surface area contributed by atoms with Gasteiger partial charge in [-0.3, -0.25) is 0 Å². The van der Waals surface area contributed by atoms with Crippen molar-refractivity contribution in [1.82, 2.24) is 0 Å². The lowest BCUT2D eigenvalue weighted by atomic mass is 9.78. The number of halogens is 2. The Morgan fingerprint density at radius 1 is 1.47 bits per heavy atom. The molecule has 1 unspecified atom stereocenters. The predicted molar refractivity (Wildman–Crippen MR) is 68.2 cm³/mol. The second-order valence-corrected chi connectivity index (χ2v) is 5.62. The molecule has 0 heterocycles. The lowest BCUT2D eigenvalue weighted by Crippen LogP contribution is -2.36. The Labute approximate surface area is 104 Å². The lowest BCUT2D eigenvalue weighted by molar-refractivity contribution is 0.260. The van der Waals surface area contributed by atoms with Crippen LogP contribution in [0.2, 0.25) is 5.02 Å². The van der Waals surface area contributed by atoms with Crippen LogP contribution in [0.4, 0.5) is 0 Å². The van der Waals surface area contributed by atoms with Gasteiger partial charge >= 0.3 is 0 Å². The van der Waals surface area contributed by atoms with Gasteiger partial charge in [-0.25, -0.2) is 0 Å². The van der Waals surface area contributed by atoms with Crippen molar-refractivity contribution in [3.05, 3.63) is 33.3 Å². The van der Waals surface area contributed by atoms with E-state index in [4.69, 9.17) is 17.3 Å². The summed E-state index contributed by atoms with van der Waals surface area (Å²) in [5.74, 6) is 0.713. The molecule has 0 radical (unpaired) electrons. The van der Waals surface area contributed by atoms with Crippen LogP contribution in [-0.4, -0.2) is 6.04 Å². The smallest absolute Gasteiger partial charge is 0.0449 e. The minimum atomic E-state index is 0.275. The van der Waals surface area contributed by atoms with Gasteiger partial charge in [0.2, 0.25) is 0 Å². The highest BCUT2D eigenvalue weighted by molar-refractivity contribution is 9.10. The van der Waals surface area contributed by atoms with Crippen molar-refractivity contribution in [3.63, 3.8) is 0 Å². The van der Waals surface area contributed by atoms with Gasteiger partial charge < -0.3 is 5.73 Å². The number of benzene rings is 1. The van der Waals surface area contributed by atoms with E-state index in [0.29, 0.717) is 5.92 Å². The van der Waals surface area contributed by atoms with Crippen LogP contribution in [0, 0.1) is 5.92 Å². The summed E-state index contributed by atoms with van der Waals surface area (Å²) in [5, 5.41) is 0.819. The van der Waals surface area contributed by atoms with Crippen LogP contribution in [0.15, 0.2) is 22.7 Å². The Morgan fingerprint density at radius 3 is 2.73 bits per heavy atom. The molecule has 15 heavy (non-hydrogen) atoms. The van der Waals surface area contributed by atoms with Gasteiger partial charge in [0.05, 0.1) is 0 Å². The Bertz CT molecular complexity index is 349. The largest absolute Gasteiger partial charge is 0.327 e. The molecule has 82 valence electrons. The fourth-order valence-corrected chi connectivity index (χ4v) is 2.73. The van der Waals surface area contributed by atoms with Crippen molar-refractivity contribution < 1.29 is 0 Å². The Morgan fingerprint density at radius 2 is 2.20 bits per heavy atom. The molecule has 0 amide bonds. The standard InChI is InChI=1S/C12H15BrClN/c13-10-5-4-9(11(14)7-10)6-12(15)8-2-1-3-8/h4-5,7-8,12H,1-3,6,15H2. The van der Waals surface area contributed by atoms with Crippen LogP contribution in [0.5, 0.6) is 0 Å². The summed E-state index contributed by atoms with van der Waals surface area (Å²) in [4.78, 5) is 0. The normalized spacial score (nSPS) is 18.6. The molecule has 0 aliphatic heterocycles. The molecule has 2 rings (SSSR count). The third-order valence-electron chi connectivity index (χ3n) is 3.23. The van der Waals surface area contributed by atoms with Crippen LogP contribution in [-0.2, 0) is 6.42 Å². The first-order chi connectivity index (χ1) is 7.16. The maximum Gasteiger partial charge on any atom is 0.0449 e. The fraction of sp³-hybridized carbons (Fsp3) is 0.500. The summed E-state index contributed by atoms with van der Waals surface area (Å²) in [5.41, 5.74) is 7.31. The van der Waals surface area contributed by atoms with Gasteiger partial charge in [0.1, 0.15) is 0 Å². The number of nitrogens with two attached hydrogens (primary N) is 1. The molecular weight excluding hydrogens is 273 g/mol. The molecule has 0 bridgehead atoms. The van der Waals surface area contributed by atoms with Crippen molar-refractivity contribution in [2.45, 2.75) is 31.7 Å². The van der Waals surface area contributed by atoms with E-state index < -0.39 is 0 Å². The first kappa shape index (κ1) is 11.4. The van der Waals surface area contributed by atoms with Crippen LogP contribution >= 0.6 is 27.5 Å². The van der Waals surface area contributed by atoms with Gasteiger partial charge in [0.15, 0.2) is 0 Å². The summed E-state index contributed by atoms with van der Waals surface area (Å²) in [6.07, 6.45) is 4.81. The van der Waals surface area contributed by atoms with E-state index in [1.54, 1.807) is 0 Å². The van der Waals surface area contributed by atoms with Gasteiger partial charge in [0.25, 0.3) is 0 Å². The average Bonchev–Trinajstić information content (AvgIpc) is 2.07. The zero-order valence-corrected chi connectivity index (χ0v) is 10.9. The average molecular weight is 289 g/mol. The number of rotatable bonds is 3. The van der Waals surface area contributed by atoms with E-state index in [0.717, 1.165) is 15.9 Å². The van der Waals surface area contributed by atoms with Crippen LogP contribution in [0.25, 0.3) is 0 Å². The summed E-state index contributed by atoms with van der Waals surface area (Å²) < 4.78 is 1.02. The second-order valence-electron chi connectivity index (χ2n) is 4.29. The monoisotopic (exact) mass is 287 g/mol. The molecule has 0 aromatic heterocycles. The molecule has 1 aromatic rings. The molecule has 1 aliphatic rings. The molecule has 2 N–H and O–H groups in total. The molecule has 3 heteroatoms. The van der Waals surface area contributed by atoms with Crippen LogP contribution in [0.1, 0.15) is 24.8 Å². The third kappa shape index (κ3) is 2.74. The topological polar surface area (TPSA) is 26.0 Å². The first-order valence-electron chi connectivity index (χ1n) is 5.36. The molecule has 1 aliphatic carbocycles. The molecule has 0 spiro atoms. The van der Waals surface area contributed by atoms with Crippen molar-refractivity contribution in [3.8, 4) is 0 Å². The third-order valence-corrected chi connectivity index (χ3v) is 4.07. The zero-order chi connectivity index (χ0) is 10.8. The van der Waals surface area contributed by atoms with Crippen molar-refractivity contribution >= 4 is 27.5 Å². The first-order valence-corrected chi connectivity index (χ1v) is 6.53. The molecule has 1 nitrogen and oxygen atoms in total. The highest BCUT2D eigenvalue weighted by Crippen LogP contribution is 2.31. The van der Waals surface area contributed by atoms with Crippen LogP contribution in [0.3, 0.4) is 0 Å². The molecule has 1 aromatic carbocycles. The molecule has 1 saturated carbocycles. The summed E-state index contributed by atoms with van der Waals surface area (Å²) in [6, 6.07) is 6.29. The SMILES string of the molecule is NC(Cc1ccc(Br)cc1Cl)C1CCC1. The van der Waals surface area contributed by atoms with E-state index in [1.807, 2.05) is 12.1 Å². The molecule has 0 saturated heterocycles. The Hall–Kier alpha value is -0.0500. The second kappa shape index (κ2) is 4.86. The number of hydrogen-bond donors (Lipinski definition) is 1. The van der Waals surface area contributed by atoms with Gasteiger partial charge in [-0.05, 0) is 42.9 Å². The predicted octanol–water partition coefficient (Wildman–Crippen LogP) is 3.77. The zero-order valence-electron chi connectivity index (χ0n) is 8.55. The van der Waals surface area contributed by atoms with E-state index in [-0.39, 0.29) is 6.04 Å². The van der Waals surface area contributed by atoms with Crippen LogP contribution < -0.4 is 5.73 Å². The minimum Gasteiger partial charge on any atom is -0.327 e. The molecule has 1 atom stereocenters. The summed E-state index contributed by atoms with van der Waals surface area (Å²) >= 11 is 9.55. The van der Waals surface area contributed by atoms with Crippen molar-refractivity contribution in [2.75, 3.05) is 0 Å². The lowest BCUT2D eigenvalue weighted by Gasteiger charge is -2.31. The highest BCUT2D eigenvalue weighted by atomic mass is 79.9. The number of hydrogen-bond acceptors (Lipinski definition) is 1. The van der Waals surface area contributed by atoms with Crippen molar-refractivity contribution in [1.29, 1.82) is 0 Å².